The molecular weight excluding hydrogens is 278 g/mol. The van der Waals surface area contributed by atoms with Crippen LogP contribution in [0, 0.1) is 11.8 Å². The second-order valence-corrected chi connectivity index (χ2v) is 5.67. The predicted molar refractivity (Wildman–Crippen MR) is 80.3 cm³/mol. The lowest BCUT2D eigenvalue weighted by Crippen LogP contribution is -2.29. The van der Waals surface area contributed by atoms with Crippen LogP contribution in [0.4, 0.5) is 0 Å². The molecule has 1 aromatic rings. The molecule has 1 rings (SSSR count). The minimum absolute atomic E-state index is 0.358. The molecule has 1 atom stereocenters. The topological polar surface area (TPSA) is 58.6 Å². The normalized spacial score (nSPS) is 12.4. The summed E-state index contributed by atoms with van der Waals surface area (Å²) in [7, 11) is 1.57. The number of benzene rings is 1. The van der Waals surface area contributed by atoms with Crippen LogP contribution in [-0.2, 0) is 11.3 Å². The number of hydrogen-bond acceptors (Lipinski definition) is 3. The second-order valence-electron chi connectivity index (χ2n) is 5.26. The minimum atomic E-state index is -0.751. The quantitative estimate of drug-likeness (QED) is 0.774. The Hall–Kier alpha value is -1.26. The fourth-order valence-electron chi connectivity index (χ4n) is 2.05. The van der Waals surface area contributed by atoms with Crippen molar-refractivity contribution in [1.29, 1.82) is 0 Å². The highest BCUT2D eigenvalue weighted by Gasteiger charge is 2.18. The van der Waals surface area contributed by atoms with Crippen molar-refractivity contribution in [3.05, 3.63) is 28.8 Å². The van der Waals surface area contributed by atoms with E-state index in [0.717, 1.165) is 5.56 Å². The van der Waals surface area contributed by atoms with Gasteiger partial charge in [-0.2, -0.15) is 0 Å². The van der Waals surface area contributed by atoms with Crippen LogP contribution >= 0.6 is 11.6 Å². The molecule has 112 valence electrons. The van der Waals surface area contributed by atoms with Gasteiger partial charge in [-0.25, -0.2) is 0 Å². The van der Waals surface area contributed by atoms with Gasteiger partial charge in [0.2, 0.25) is 0 Å². The maximum Gasteiger partial charge on any atom is 0.307 e. The van der Waals surface area contributed by atoms with Crippen molar-refractivity contribution in [2.45, 2.75) is 26.8 Å². The minimum Gasteiger partial charge on any atom is -0.495 e. The molecular formula is C15H22ClNO3. The van der Waals surface area contributed by atoms with Crippen molar-refractivity contribution in [1.82, 2.24) is 5.32 Å². The monoisotopic (exact) mass is 299 g/mol. The molecule has 0 bridgehead atoms. The van der Waals surface area contributed by atoms with Gasteiger partial charge in [0.15, 0.2) is 0 Å². The number of nitrogens with one attached hydrogen (secondary N) is 1. The van der Waals surface area contributed by atoms with Crippen molar-refractivity contribution < 1.29 is 14.6 Å². The number of carboxylic acids is 1. The average Bonchev–Trinajstić information content (AvgIpc) is 2.37. The Balaban J connectivity index is 2.50. The molecule has 4 nitrogen and oxygen atoms in total. The fourth-order valence-corrected chi connectivity index (χ4v) is 2.33. The Morgan fingerprint density at radius 3 is 2.65 bits per heavy atom. The summed E-state index contributed by atoms with van der Waals surface area (Å²) in [5.41, 5.74) is 1.00. The van der Waals surface area contributed by atoms with Crippen LogP contribution in [0.5, 0.6) is 5.75 Å². The molecule has 0 amide bonds. The van der Waals surface area contributed by atoms with E-state index in [2.05, 4.69) is 5.32 Å². The lowest BCUT2D eigenvalue weighted by molar-refractivity contribution is -0.142. The molecule has 0 aliphatic heterocycles. The number of methoxy groups -OCH3 is 1. The van der Waals surface area contributed by atoms with Crippen LogP contribution in [0.3, 0.4) is 0 Å². The maximum absolute atomic E-state index is 11.1. The van der Waals surface area contributed by atoms with E-state index in [0.29, 0.717) is 36.2 Å². The third-order valence-electron chi connectivity index (χ3n) is 3.04. The molecule has 20 heavy (non-hydrogen) atoms. The number of halogens is 1. The first kappa shape index (κ1) is 16.8. The van der Waals surface area contributed by atoms with Gasteiger partial charge in [-0.05, 0) is 30.0 Å². The SMILES string of the molecule is COc1ccc(CNCC(CC(C)C)C(=O)O)cc1Cl. The van der Waals surface area contributed by atoms with E-state index in [1.807, 2.05) is 32.0 Å². The summed E-state index contributed by atoms with van der Waals surface area (Å²) in [6, 6.07) is 5.55. The van der Waals surface area contributed by atoms with E-state index in [9.17, 15) is 4.79 Å². The zero-order valence-corrected chi connectivity index (χ0v) is 12.9. The van der Waals surface area contributed by atoms with Gasteiger partial charge in [0.25, 0.3) is 0 Å². The number of rotatable bonds is 8. The Kier molecular flexibility index (Phi) is 6.82. The molecule has 1 aromatic carbocycles. The van der Waals surface area contributed by atoms with Crippen LogP contribution < -0.4 is 10.1 Å². The molecule has 0 saturated heterocycles. The summed E-state index contributed by atoms with van der Waals surface area (Å²) in [5, 5.41) is 12.9. The largest absolute Gasteiger partial charge is 0.495 e. The molecule has 0 aliphatic carbocycles. The molecule has 1 unspecified atom stereocenters. The summed E-state index contributed by atoms with van der Waals surface area (Å²) >= 11 is 6.04. The van der Waals surface area contributed by atoms with Crippen molar-refractivity contribution in [2.24, 2.45) is 11.8 Å². The Morgan fingerprint density at radius 1 is 1.45 bits per heavy atom. The molecule has 0 spiro atoms. The van der Waals surface area contributed by atoms with Gasteiger partial charge >= 0.3 is 5.97 Å². The van der Waals surface area contributed by atoms with E-state index < -0.39 is 5.97 Å². The first-order chi connectivity index (χ1) is 9.43. The van der Waals surface area contributed by atoms with Gasteiger partial charge < -0.3 is 15.2 Å². The molecule has 5 heteroatoms. The number of aliphatic carboxylic acids is 1. The molecule has 0 fully saturated rings. The molecule has 0 heterocycles. The smallest absolute Gasteiger partial charge is 0.307 e. The number of carboxylic acid groups (broad SMARTS) is 1. The third kappa shape index (κ3) is 5.39. The van der Waals surface area contributed by atoms with Crippen molar-refractivity contribution >= 4 is 17.6 Å². The lowest BCUT2D eigenvalue weighted by Gasteiger charge is -2.15. The maximum atomic E-state index is 11.1. The van der Waals surface area contributed by atoms with Gasteiger partial charge in [0.05, 0.1) is 18.1 Å². The Labute approximate surface area is 125 Å². The predicted octanol–water partition coefficient (Wildman–Crippen LogP) is 3.19. The van der Waals surface area contributed by atoms with E-state index in [-0.39, 0.29) is 5.92 Å². The zero-order chi connectivity index (χ0) is 15.1. The zero-order valence-electron chi connectivity index (χ0n) is 12.1. The summed E-state index contributed by atoms with van der Waals surface area (Å²) in [4.78, 5) is 11.1. The highest BCUT2D eigenvalue weighted by Crippen LogP contribution is 2.24. The number of ether oxygens (including phenoxy) is 1. The molecule has 2 N–H and O–H groups in total. The second kappa shape index (κ2) is 8.12. The average molecular weight is 300 g/mol. The standard InChI is InChI=1S/C15H22ClNO3/c1-10(2)6-12(15(18)19)9-17-8-11-4-5-14(20-3)13(16)7-11/h4-5,7,10,12,17H,6,8-9H2,1-3H3,(H,18,19). The van der Waals surface area contributed by atoms with E-state index >= 15 is 0 Å². The highest BCUT2D eigenvalue weighted by atomic mass is 35.5. The van der Waals surface area contributed by atoms with Gasteiger partial charge in [0, 0.05) is 13.1 Å². The van der Waals surface area contributed by atoms with Crippen molar-refractivity contribution in [3.63, 3.8) is 0 Å². The molecule has 0 radical (unpaired) electrons. The Bertz CT molecular complexity index is 449. The molecule has 0 aliphatic rings. The van der Waals surface area contributed by atoms with Crippen LogP contribution in [0.2, 0.25) is 5.02 Å². The van der Waals surface area contributed by atoms with Gasteiger partial charge in [-0.1, -0.05) is 31.5 Å². The number of carbonyl (C=O) groups is 1. The molecule has 0 aromatic heterocycles. The van der Waals surface area contributed by atoms with Crippen molar-refractivity contribution in [2.75, 3.05) is 13.7 Å². The molecule has 0 saturated carbocycles. The number of hydrogen-bond donors (Lipinski definition) is 2. The van der Waals surface area contributed by atoms with Crippen LogP contribution in [0.1, 0.15) is 25.8 Å². The van der Waals surface area contributed by atoms with E-state index in [4.69, 9.17) is 21.4 Å². The van der Waals surface area contributed by atoms with Gasteiger partial charge in [-0.3, -0.25) is 4.79 Å². The summed E-state index contributed by atoms with van der Waals surface area (Å²) in [6.45, 7) is 5.10. The van der Waals surface area contributed by atoms with Gasteiger partial charge in [0.1, 0.15) is 5.75 Å². The van der Waals surface area contributed by atoms with E-state index in [1.165, 1.54) is 0 Å². The van der Waals surface area contributed by atoms with Gasteiger partial charge in [-0.15, -0.1) is 0 Å². The lowest BCUT2D eigenvalue weighted by atomic mass is 9.97. The summed E-state index contributed by atoms with van der Waals surface area (Å²) < 4.78 is 5.09. The highest BCUT2D eigenvalue weighted by molar-refractivity contribution is 6.32. The van der Waals surface area contributed by atoms with Crippen LogP contribution in [0.15, 0.2) is 18.2 Å². The van der Waals surface area contributed by atoms with Crippen molar-refractivity contribution in [3.8, 4) is 5.75 Å². The summed E-state index contributed by atoms with van der Waals surface area (Å²) in [5.74, 6) is -0.102. The first-order valence-corrected chi connectivity index (χ1v) is 7.07. The summed E-state index contributed by atoms with van der Waals surface area (Å²) in [6.07, 6.45) is 0.672. The Morgan fingerprint density at radius 2 is 2.15 bits per heavy atom. The van der Waals surface area contributed by atoms with Crippen LogP contribution in [0.25, 0.3) is 0 Å². The third-order valence-corrected chi connectivity index (χ3v) is 3.34. The van der Waals surface area contributed by atoms with E-state index in [1.54, 1.807) is 7.11 Å². The first-order valence-electron chi connectivity index (χ1n) is 6.70. The van der Waals surface area contributed by atoms with Crippen LogP contribution in [-0.4, -0.2) is 24.7 Å². The fraction of sp³-hybridized carbons (Fsp3) is 0.533.